The fraction of sp³-hybridized carbons (Fsp3) is 0.583. The van der Waals surface area contributed by atoms with Crippen LogP contribution in [0.2, 0.25) is 5.02 Å². The number of halogens is 2. The van der Waals surface area contributed by atoms with Gasteiger partial charge in [0.1, 0.15) is 11.6 Å². The van der Waals surface area contributed by atoms with Crippen molar-refractivity contribution in [3.63, 3.8) is 0 Å². The van der Waals surface area contributed by atoms with Crippen LogP contribution in [0.15, 0.2) is 18.2 Å². The highest BCUT2D eigenvalue weighted by atomic mass is 35.5. The van der Waals surface area contributed by atoms with Crippen molar-refractivity contribution in [2.75, 3.05) is 76.2 Å². The third-order valence-electron chi connectivity index (χ3n) is 6.84. The standard InChI is InChI=1S/C24H33ClFN7O/c1-31-10-11-34-19(15-31)16-32-6-8-33(9-7-32)24-29-22-4-5-27-14-20(22)23(30-24)28-13-17-2-3-18(26)12-21(17)25/h2-3,12,19,27H,4-11,13-16H2,1H3,(H,28,29,30). The van der Waals surface area contributed by atoms with Crippen LogP contribution in [-0.2, 0) is 24.2 Å². The number of benzene rings is 1. The molecule has 0 amide bonds. The lowest BCUT2D eigenvalue weighted by molar-refractivity contribution is -0.0361. The summed E-state index contributed by atoms with van der Waals surface area (Å²) in [5.74, 6) is 1.27. The van der Waals surface area contributed by atoms with Crippen LogP contribution in [0, 0.1) is 5.82 Å². The molecule has 0 spiro atoms. The van der Waals surface area contributed by atoms with Gasteiger partial charge in [-0.25, -0.2) is 9.37 Å². The van der Waals surface area contributed by atoms with Gasteiger partial charge in [0.15, 0.2) is 0 Å². The number of nitrogens with zero attached hydrogens (tertiary/aromatic N) is 5. The maximum Gasteiger partial charge on any atom is 0.227 e. The Morgan fingerprint density at radius 2 is 2.06 bits per heavy atom. The van der Waals surface area contributed by atoms with Gasteiger partial charge < -0.3 is 25.2 Å². The molecule has 0 aliphatic carbocycles. The number of nitrogens with one attached hydrogen (secondary N) is 2. The second kappa shape index (κ2) is 10.7. The molecule has 2 N–H and O–H groups in total. The monoisotopic (exact) mass is 489 g/mol. The number of fused-ring (bicyclic) bond motifs is 1. The summed E-state index contributed by atoms with van der Waals surface area (Å²) in [6, 6.07) is 4.49. The van der Waals surface area contributed by atoms with Gasteiger partial charge in [-0.1, -0.05) is 17.7 Å². The number of rotatable bonds is 6. The second-order valence-electron chi connectivity index (χ2n) is 9.36. The van der Waals surface area contributed by atoms with Crippen molar-refractivity contribution in [3.05, 3.63) is 45.9 Å². The van der Waals surface area contributed by atoms with Crippen LogP contribution >= 0.6 is 11.6 Å². The Labute approximate surface area is 205 Å². The van der Waals surface area contributed by atoms with E-state index in [1.165, 1.54) is 12.1 Å². The van der Waals surface area contributed by atoms with Gasteiger partial charge in [0, 0.05) is 82.5 Å². The molecule has 3 aliphatic heterocycles. The Morgan fingerprint density at radius 1 is 1.21 bits per heavy atom. The Kier molecular flexibility index (Phi) is 7.46. The number of hydrogen-bond donors (Lipinski definition) is 2. The Balaban J connectivity index is 1.26. The largest absolute Gasteiger partial charge is 0.374 e. The SMILES string of the molecule is CN1CCOC(CN2CCN(c3nc4c(c(NCc5ccc(F)cc5Cl)n3)CNCC4)CC2)C1. The molecule has 1 unspecified atom stereocenters. The first kappa shape index (κ1) is 23.7. The van der Waals surface area contributed by atoms with Gasteiger partial charge in [0.05, 0.1) is 18.4 Å². The smallest absolute Gasteiger partial charge is 0.227 e. The zero-order chi connectivity index (χ0) is 23.5. The summed E-state index contributed by atoms with van der Waals surface area (Å²) in [6.45, 7) is 9.65. The number of ether oxygens (including phenoxy) is 1. The van der Waals surface area contributed by atoms with E-state index in [0.717, 1.165) is 101 Å². The van der Waals surface area contributed by atoms with Gasteiger partial charge in [-0.05, 0) is 24.7 Å². The first-order valence-corrected chi connectivity index (χ1v) is 12.5. The maximum atomic E-state index is 13.4. The predicted molar refractivity (Wildman–Crippen MR) is 132 cm³/mol. The average molecular weight is 490 g/mol. The van der Waals surface area contributed by atoms with E-state index in [4.69, 9.17) is 26.3 Å². The maximum absolute atomic E-state index is 13.4. The third-order valence-corrected chi connectivity index (χ3v) is 7.19. The predicted octanol–water partition coefficient (Wildman–Crippen LogP) is 1.98. The minimum absolute atomic E-state index is 0.284. The molecule has 0 radical (unpaired) electrons. The van der Waals surface area contributed by atoms with Crippen molar-refractivity contribution in [1.29, 1.82) is 0 Å². The van der Waals surface area contributed by atoms with Gasteiger partial charge >= 0.3 is 0 Å². The zero-order valence-electron chi connectivity index (χ0n) is 19.7. The zero-order valence-corrected chi connectivity index (χ0v) is 20.5. The Morgan fingerprint density at radius 3 is 2.85 bits per heavy atom. The van der Waals surface area contributed by atoms with E-state index in [2.05, 4.69) is 32.4 Å². The van der Waals surface area contributed by atoms with Gasteiger partial charge in [-0.3, -0.25) is 4.90 Å². The van der Waals surface area contributed by atoms with E-state index in [0.29, 0.717) is 11.6 Å². The molecule has 0 saturated carbocycles. The van der Waals surface area contributed by atoms with Crippen LogP contribution in [0.25, 0.3) is 0 Å². The van der Waals surface area contributed by atoms with E-state index >= 15 is 0 Å². The fourth-order valence-electron chi connectivity index (χ4n) is 4.86. The average Bonchev–Trinajstić information content (AvgIpc) is 2.84. The number of piperazine rings is 1. The molecule has 10 heteroatoms. The Bertz CT molecular complexity index is 1000. The molecule has 1 aromatic carbocycles. The number of anilines is 2. The van der Waals surface area contributed by atoms with E-state index in [1.807, 2.05) is 0 Å². The van der Waals surface area contributed by atoms with Crippen molar-refractivity contribution in [3.8, 4) is 0 Å². The molecule has 34 heavy (non-hydrogen) atoms. The molecule has 5 rings (SSSR count). The van der Waals surface area contributed by atoms with Crippen molar-refractivity contribution in [2.45, 2.75) is 25.6 Å². The summed E-state index contributed by atoms with van der Waals surface area (Å²) in [5.41, 5.74) is 3.04. The number of morpholine rings is 1. The topological polar surface area (TPSA) is 68.8 Å². The van der Waals surface area contributed by atoms with Crippen LogP contribution in [0.1, 0.15) is 16.8 Å². The summed E-state index contributed by atoms with van der Waals surface area (Å²) in [6.07, 6.45) is 1.16. The molecule has 2 aromatic rings. The second-order valence-corrected chi connectivity index (χ2v) is 9.76. The Hall–Kier alpha value is -2.04. The van der Waals surface area contributed by atoms with Crippen molar-refractivity contribution in [2.24, 2.45) is 0 Å². The molecular formula is C24H33ClFN7O. The number of hydrogen-bond acceptors (Lipinski definition) is 8. The van der Waals surface area contributed by atoms with Crippen LogP contribution in [0.3, 0.4) is 0 Å². The van der Waals surface area contributed by atoms with Crippen molar-refractivity contribution >= 4 is 23.4 Å². The third kappa shape index (κ3) is 5.60. The van der Waals surface area contributed by atoms with Crippen molar-refractivity contribution in [1.82, 2.24) is 25.1 Å². The van der Waals surface area contributed by atoms with Crippen LogP contribution < -0.4 is 15.5 Å². The molecule has 0 bridgehead atoms. The van der Waals surface area contributed by atoms with Gasteiger partial charge in [0.2, 0.25) is 5.95 Å². The number of likely N-dealkylation sites (N-methyl/N-ethyl adjacent to an activating group) is 1. The molecule has 2 saturated heterocycles. The summed E-state index contributed by atoms with van der Waals surface area (Å²) in [5, 5.41) is 7.27. The molecular weight excluding hydrogens is 457 g/mol. The molecule has 4 heterocycles. The number of aromatic nitrogens is 2. The summed E-state index contributed by atoms with van der Waals surface area (Å²) < 4.78 is 19.4. The molecule has 8 nitrogen and oxygen atoms in total. The molecule has 1 aromatic heterocycles. The lowest BCUT2D eigenvalue weighted by Crippen LogP contribution is -2.52. The lowest BCUT2D eigenvalue weighted by Gasteiger charge is -2.38. The summed E-state index contributed by atoms with van der Waals surface area (Å²) in [7, 11) is 2.16. The van der Waals surface area contributed by atoms with Crippen molar-refractivity contribution < 1.29 is 9.13 Å². The molecule has 184 valence electrons. The highest BCUT2D eigenvalue weighted by molar-refractivity contribution is 6.31. The highest BCUT2D eigenvalue weighted by Crippen LogP contribution is 2.26. The lowest BCUT2D eigenvalue weighted by atomic mass is 10.1. The summed E-state index contributed by atoms with van der Waals surface area (Å²) >= 11 is 6.23. The van der Waals surface area contributed by atoms with Crippen LogP contribution in [0.4, 0.5) is 16.2 Å². The minimum Gasteiger partial charge on any atom is -0.374 e. The van der Waals surface area contributed by atoms with E-state index < -0.39 is 0 Å². The minimum atomic E-state index is -0.333. The first-order valence-electron chi connectivity index (χ1n) is 12.1. The fourth-order valence-corrected chi connectivity index (χ4v) is 5.09. The quantitative estimate of drug-likeness (QED) is 0.638. The highest BCUT2D eigenvalue weighted by Gasteiger charge is 2.26. The van der Waals surface area contributed by atoms with E-state index in [9.17, 15) is 4.39 Å². The normalized spacial score (nSPS) is 22.0. The summed E-state index contributed by atoms with van der Waals surface area (Å²) in [4.78, 5) is 17.0. The van der Waals surface area contributed by atoms with E-state index in [-0.39, 0.29) is 11.9 Å². The van der Waals surface area contributed by atoms with Gasteiger partial charge in [-0.15, -0.1) is 0 Å². The van der Waals surface area contributed by atoms with E-state index in [1.54, 1.807) is 6.07 Å². The first-order chi connectivity index (χ1) is 16.5. The van der Waals surface area contributed by atoms with Crippen LogP contribution in [0.5, 0.6) is 0 Å². The molecule has 1 atom stereocenters. The van der Waals surface area contributed by atoms with Gasteiger partial charge in [-0.2, -0.15) is 4.98 Å². The molecule has 3 aliphatic rings. The van der Waals surface area contributed by atoms with Gasteiger partial charge in [0.25, 0.3) is 0 Å². The van der Waals surface area contributed by atoms with Crippen LogP contribution in [-0.4, -0.2) is 91.9 Å². The molecule has 2 fully saturated rings.